The van der Waals surface area contributed by atoms with Gasteiger partial charge in [-0.1, -0.05) is 0 Å². The van der Waals surface area contributed by atoms with Crippen LogP contribution in [0.5, 0.6) is 0 Å². The molecule has 2 rings (SSSR count). The molecule has 2 N–H and O–H groups in total. The molecule has 0 bridgehead atoms. The zero-order valence-corrected chi connectivity index (χ0v) is 11.7. The van der Waals surface area contributed by atoms with Crippen LogP contribution >= 0.6 is 11.3 Å². The van der Waals surface area contributed by atoms with Crippen LogP contribution in [0.3, 0.4) is 0 Å². The van der Waals surface area contributed by atoms with Crippen LogP contribution in [0.15, 0.2) is 16.8 Å². The molecule has 104 valence electrons. The molecule has 1 aliphatic rings. The van der Waals surface area contributed by atoms with Crippen molar-refractivity contribution in [2.24, 2.45) is 0 Å². The largest absolute Gasteiger partial charge is 0.352 e. The van der Waals surface area contributed by atoms with Crippen LogP contribution in [0.2, 0.25) is 0 Å². The average molecular weight is 281 g/mol. The third-order valence-corrected chi connectivity index (χ3v) is 3.79. The Hall–Kier alpha value is -1.40. The van der Waals surface area contributed by atoms with Crippen molar-refractivity contribution in [3.8, 4) is 0 Å². The summed E-state index contributed by atoms with van der Waals surface area (Å²) in [4.78, 5) is 25.4. The summed E-state index contributed by atoms with van der Waals surface area (Å²) in [6, 6.07) is 1.80. The zero-order valence-electron chi connectivity index (χ0n) is 10.9. The highest BCUT2D eigenvalue weighted by Gasteiger charge is 2.15. The van der Waals surface area contributed by atoms with Gasteiger partial charge in [-0.2, -0.15) is 11.3 Å². The molecule has 19 heavy (non-hydrogen) atoms. The van der Waals surface area contributed by atoms with Crippen molar-refractivity contribution < 1.29 is 9.59 Å². The lowest BCUT2D eigenvalue weighted by atomic mass is 10.2. The molecule has 0 spiro atoms. The Labute approximate surface area is 117 Å². The fraction of sp³-hybridized carbons (Fsp3) is 0.538. The molecule has 2 amide bonds. The number of carbonyl (C=O) groups excluding carboxylic acids is 2. The Morgan fingerprint density at radius 1 is 1.37 bits per heavy atom. The van der Waals surface area contributed by atoms with Crippen molar-refractivity contribution in [2.75, 3.05) is 32.7 Å². The molecule has 1 aromatic rings. The number of nitrogens with one attached hydrogen (secondary N) is 2. The Morgan fingerprint density at radius 3 is 2.84 bits per heavy atom. The maximum absolute atomic E-state index is 11.9. The molecular formula is C13H19N3O2S. The summed E-state index contributed by atoms with van der Waals surface area (Å²) < 4.78 is 0. The fourth-order valence-corrected chi connectivity index (χ4v) is 2.65. The topological polar surface area (TPSA) is 61.4 Å². The van der Waals surface area contributed by atoms with Gasteiger partial charge in [-0.15, -0.1) is 0 Å². The van der Waals surface area contributed by atoms with Gasteiger partial charge in [0.1, 0.15) is 0 Å². The van der Waals surface area contributed by atoms with E-state index in [2.05, 4.69) is 10.6 Å². The number of amides is 2. The van der Waals surface area contributed by atoms with Gasteiger partial charge < -0.3 is 15.5 Å². The lowest BCUT2D eigenvalue weighted by molar-refractivity contribution is -0.131. The first kappa shape index (κ1) is 14.0. The smallest absolute Gasteiger partial charge is 0.252 e. The van der Waals surface area contributed by atoms with Crippen LogP contribution in [-0.2, 0) is 4.79 Å². The Balaban J connectivity index is 1.61. The number of hydrogen-bond acceptors (Lipinski definition) is 4. The van der Waals surface area contributed by atoms with Crippen LogP contribution in [0.25, 0.3) is 0 Å². The number of thiophene rings is 1. The molecule has 0 aromatic carbocycles. The van der Waals surface area contributed by atoms with Gasteiger partial charge in [0.2, 0.25) is 5.91 Å². The third kappa shape index (κ3) is 4.33. The maximum Gasteiger partial charge on any atom is 0.252 e. The highest BCUT2D eigenvalue weighted by Crippen LogP contribution is 2.05. The Kier molecular flexibility index (Phi) is 5.35. The van der Waals surface area contributed by atoms with Crippen molar-refractivity contribution in [1.29, 1.82) is 0 Å². The molecule has 0 saturated carbocycles. The molecule has 2 heterocycles. The number of hydrogen-bond donors (Lipinski definition) is 2. The number of piperazine rings is 1. The van der Waals surface area contributed by atoms with E-state index in [1.165, 1.54) is 11.3 Å². The van der Waals surface area contributed by atoms with E-state index in [1.807, 2.05) is 15.7 Å². The van der Waals surface area contributed by atoms with Crippen molar-refractivity contribution in [3.63, 3.8) is 0 Å². The predicted octanol–water partition coefficient (Wildman–Crippen LogP) is 0.690. The molecule has 1 saturated heterocycles. The summed E-state index contributed by atoms with van der Waals surface area (Å²) in [5.74, 6) is 0.127. The zero-order chi connectivity index (χ0) is 13.5. The highest BCUT2D eigenvalue weighted by atomic mass is 32.1. The minimum absolute atomic E-state index is 0.0594. The van der Waals surface area contributed by atoms with Gasteiger partial charge in [0.25, 0.3) is 5.91 Å². The molecular weight excluding hydrogens is 262 g/mol. The van der Waals surface area contributed by atoms with Crippen molar-refractivity contribution >= 4 is 23.2 Å². The molecule has 1 fully saturated rings. The second-order valence-corrected chi connectivity index (χ2v) is 5.28. The van der Waals surface area contributed by atoms with E-state index < -0.39 is 0 Å². The van der Waals surface area contributed by atoms with Crippen LogP contribution in [0.1, 0.15) is 23.2 Å². The first-order valence-electron chi connectivity index (χ1n) is 6.56. The van der Waals surface area contributed by atoms with Gasteiger partial charge in [0, 0.05) is 50.1 Å². The summed E-state index contributed by atoms with van der Waals surface area (Å²) in [7, 11) is 0. The molecule has 0 radical (unpaired) electrons. The molecule has 0 unspecified atom stereocenters. The Morgan fingerprint density at radius 2 is 2.16 bits per heavy atom. The predicted molar refractivity (Wildman–Crippen MR) is 75.3 cm³/mol. The second-order valence-electron chi connectivity index (χ2n) is 4.50. The lowest BCUT2D eigenvalue weighted by Crippen LogP contribution is -2.46. The standard InChI is InChI=1S/C13H19N3O2S/c17-12(16-7-5-14-6-8-16)2-1-4-15-13(18)11-3-9-19-10-11/h3,9-10,14H,1-2,4-8H2,(H,15,18). The van der Waals surface area contributed by atoms with Crippen LogP contribution in [0, 0.1) is 0 Å². The summed E-state index contributed by atoms with van der Waals surface area (Å²) >= 11 is 1.50. The van der Waals surface area contributed by atoms with Gasteiger partial charge >= 0.3 is 0 Å². The van der Waals surface area contributed by atoms with Gasteiger partial charge in [0.05, 0.1) is 0 Å². The van der Waals surface area contributed by atoms with Gasteiger partial charge in [-0.3, -0.25) is 9.59 Å². The fourth-order valence-electron chi connectivity index (χ4n) is 2.01. The summed E-state index contributed by atoms with van der Waals surface area (Å²) in [6.45, 7) is 3.88. The third-order valence-electron chi connectivity index (χ3n) is 3.11. The van der Waals surface area contributed by atoms with Gasteiger partial charge in [-0.25, -0.2) is 0 Å². The van der Waals surface area contributed by atoms with Crippen LogP contribution in [0.4, 0.5) is 0 Å². The first-order valence-corrected chi connectivity index (χ1v) is 7.50. The molecule has 5 nitrogen and oxygen atoms in total. The second kappa shape index (κ2) is 7.25. The minimum Gasteiger partial charge on any atom is -0.352 e. The number of nitrogens with zero attached hydrogens (tertiary/aromatic N) is 1. The van der Waals surface area contributed by atoms with Crippen molar-refractivity contribution in [1.82, 2.24) is 15.5 Å². The monoisotopic (exact) mass is 281 g/mol. The molecule has 0 aliphatic carbocycles. The molecule has 6 heteroatoms. The van der Waals surface area contributed by atoms with E-state index in [0.29, 0.717) is 24.9 Å². The van der Waals surface area contributed by atoms with Gasteiger partial charge in [0.15, 0.2) is 0 Å². The van der Waals surface area contributed by atoms with E-state index in [1.54, 1.807) is 6.07 Å². The SMILES string of the molecule is O=C(NCCCC(=O)N1CCNCC1)c1ccsc1. The average Bonchev–Trinajstić information content (AvgIpc) is 2.98. The number of carbonyl (C=O) groups is 2. The summed E-state index contributed by atoms with van der Waals surface area (Å²) in [6.07, 6.45) is 1.20. The molecule has 1 aliphatic heterocycles. The van der Waals surface area contributed by atoms with E-state index in [0.717, 1.165) is 26.2 Å². The van der Waals surface area contributed by atoms with E-state index >= 15 is 0 Å². The van der Waals surface area contributed by atoms with E-state index in [-0.39, 0.29) is 11.8 Å². The number of rotatable bonds is 5. The van der Waals surface area contributed by atoms with E-state index in [4.69, 9.17) is 0 Å². The van der Waals surface area contributed by atoms with Gasteiger partial charge in [-0.05, 0) is 17.9 Å². The highest BCUT2D eigenvalue weighted by molar-refractivity contribution is 7.08. The quantitative estimate of drug-likeness (QED) is 0.781. The first-order chi connectivity index (χ1) is 9.27. The van der Waals surface area contributed by atoms with E-state index in [9.17, 15) is 9.59 Å². The normalized spacial score (nSPS) is 15.3. The maximum atomic E-state index is 11.9. The summed E-state index contributed by atoms with van der Waals surface area (Å²) in [5.41, 5.74) is 0.693. The van der Waals surface area contributed by atoms with Crippen molar-refractivity contribution in [2.45, 2.75) is 12.8 Å². The summed E-state index contributed by atoms with van der Waals surface area (Å²) in [5, 5.41) is 9.74. The van der Waals surface area contributed by atoms with Crippen LogP contribution < -0.4 is 10.6 Å². The molecule has 0 atom stereocenters. The van der Waals surface area contributed by atoms with Crippen molar-refractivity contribution in [3.05, 3.63) is 22.4 Å². The lowest BCUT2D eigenvalue weighted by Gasteiger charge is -2.27. The Bertz CT molecular complexity index is 414. The molecule has 1 aromatic heterocycles. The minimum atomic E-state index is -0.0594. The van der Waals surface area contributed by atoms with Crippen LogP contribution in [-0.4, -0.2) is 49.4 Å².